The molecule has 1 aliphatic heterocycles. The van der Waals surface area contributed by atoms with Crippen molar-refractivity contribution in [2.75, 3.05) is 18.0 Å². The Labute approximate surface area is 100 Å². The van der Waals surface area contributed by atoms with Gasteiger partial charge in [0.05, 0.1) is 17.4 Å². The maximum atomic E-state index is 13.0. The van der Waals surface area contributed by atoms with Crippen LogP contribution in [0.4, 0.5) is 10.1 Å². The number of benzene rings is 1. The number of piperidine rings is 1. The molecule has 1 aromatic rings. The average molecular weight is 234 g/mol. The minimum absolute atomic E-state index is 0.275. The summed E-state index contributed by atoms with van der Waals surface area (Å²) in [6.45, 7) is 3.30. The largest absolute Gasteiger partial charge is 0.391 e. The van der Waals surface area contributed by atoms with Crippen LogP contribution >= 0.6 is 0 Å². The standard InChI is InChI=1S/C13H15FN2O/c1-9-4-5-16(8-13(9)17)12-3-2-11(14)6-10(12)7-15/h2-3,6,9,13,17H,4-5,8H2,1H3. The molecule has 1 fully saturated rings. The number of nitrogens with zero attached hydrogens (tertiary/aromatic N) is 2. The first-order valence-corrected chi connectivity index (χ1v) is 5.74. The second-order valence-electron chi connectivity index (χ2n) is 4.55. The molecular weight excluding hydrogens is 219 g/mol. The van der Waals surface area contributed by atoms with E-state index in [1.165, 1.54) is 12.1 Å². The lowest BCUT2D eigenvalue weighted by Gasteiger charge is -2.36. The first kappa shape index (κ1) is 11.9. The van der Waals surface area contributed by atoms with Gasteiger partial charge in [0.15, 0.2) is 0 Å². The van der Waals surface area contributed by atoms with Gasteiger partial charge in [0.25, 0.3) is 0 Å². The molecule has 2 rings (SSSR count). The molecule has 0 spiro atoms. The lowest BCUT2D eigenvalue weighted by molar-refractivity contribution is 0.103. The van der Waals surface area contributed by atoms with E-state index < -0.39 is 5.82 Å². The number of hydrogen-bond donors (Lipinski definition) is 1. The molecule has 0 radical (unpaired) electrons. The van der Waals surface area contributed by atoms with E-state index in [1.807, 2.05) is 17.9 Å². The Kier molecular flexibility index (Phi) is 3.30. The molecule has 0 bridgehead atoms. The Hall–Kier alpha value is -1.60. The number of β-amino-alcohol motifs (C(OH)–C–C–N with tert-alkyl or cyclic N) is 1. The third-order valence-electron chi connectivity index (χ3n) is 3.34. The maximum Gasteiger partial charge on any atom is 0.124 e. The van der Waals surface area contributed by atoms with E-state index in [9.17, 15) is 9.50 Å². The summed E-state index contributed by atoms with van der Waals surface area (Å²) in [5.41, 5.74) is 1.03. The van der Waals surface area contributed by atoms with Gasteiger partial charge in [0.2, 0.25) is 0 Å². The van der Waals surface area contributed by atoms with Crippen molar-refractivity contribution < 1.29 is 9.50 Å². The van der Waals surface area contributed by atoms with Gasteiger partial charge < -0.3 is 10.0 Å². The number of aliphatic hydroxyl groups is 1. The first-order chi connectivity index (χ1) is 8.11. The molecule has 0 aromatic heterocycles. The predicted molar refractivity (Wildman–Crippen MR) is 63.1 cm³/mol. The molecule has 3 nitrogen and oxygen atoms in total. The monoisotopic (exact) mass is 234 g/mol. The fraction of sp³-hybridized carbons (Fsp3) is 0.462. The molecule has 1 N–H and O–H groups in total. The Morgan fingerprint density at radius 1 is 1.53 bits per heavy atom. The van der Waals surface area contributed by atoms with E-state index in [0.29, 0.717) is 17.8 Å². The van der Waals surface area contributed by atoms with Gasteiger partial charge in [-0.1, -0.05) is 6.92 Å². The van der Waals surface area contributed by atoms with Crippen LogP contribution in [0.15, 0.2) is 18.2 Å². The normalized spacial score (nSPS) is 24.5. The van der Waals surface area contributed by atoms with Crippen LogP contribution in [0.3, 0.4) is 0 Å². The third-order valence-corrected chi connectivity index (χ3v) is 3.34. The number of rotatable bonds is 1. The summed E-state index contributed by atoms with van der Waals surface area (Å²) in [4.78, 5) is 1.95. The molecule has 0 aliphatic carbocycles. The van der Waals surface area contributed by atoms with E-state index in [0.717, 1.165) is 13.0 Å². The van der Waals surface area contributed by atoms with E-state index >= 15 is 0 Å². The van der Waals surface area contributed by atoms with Crippen molar-refractivity contribution in [2.24, 2.45) is 5.92 Å². The number of halogens is 1. The van der Waals surface area contributed by atoms with E-state index in [4.69, 9.17) is 5.26 Å². The topological polar surface area (TPSA) is 47.3 Å². The molecule has 17 heavy (non-hydrogen) atoms. The third kappa shape index (κ3) is 2.40. The Morgan fingerprint density at radius 2 is 2.29 bits per heavy atom. The molecule has 1 aliphatic rings. The van der Waals surface area contributed by atoms with Crippen molar-refractivity contribution in [1.82, 2.24) is 0 Å². The highest BCUT2D eigenvalue weighted by atomic mass is 19.1. The minimum atomic E-state index is -0.406. The fourth-order valence-corrected chi connectivity index (χ4v) is 2.14. The van der Waals surface area contributed by atoms with Crippen LogP contribution in [-0.4, -0.2) is 24.3 Å². The summed E-state index contributed by atoms with van der Waals surface area (Å²) in [6, 6.07) is 6.19. The summed E-state index contributed by atoms with van der Waals surface area (Å²) in [7, 11) is 0. The summed E-state index contributed by atoms with van der Waals surface area (Å²) in [5.74, 6) is -0.131. The van der Waals surface area contributed by atoms with Crippen LogP contribution in [0.1, 0.15) is 18.9 Å². The summed E-state index contributed by atoms with van der Waals surface area (Å²) < 4.78 is 13.0. The van der Waals surface area contributed by atoms with Crippen molar-refractivity contribution in [3.05, 3.63) is 29.6 Å². The van der Waals surface area contributed by atoms with Crippen LogP contribution in [0.2, 0.25) is 0 Å². The molecule has 1 saturated heterocycles. The zero-order valence-corrected chi connectivity index (χ0v) is 9.73. The number of nitriles is 1. The van der Waals surface area contributed by atoms with E-state index in [2.05, 4.69) is 0 Å². The van der Waals surface area contributed by atoms with Gasteiger partial charge in [-0.2, -0.15) is 5.26 Å². The van der Waals surface area contributed by atoms with Gasteiger partial charge in [-0.3, -0.25) is 0 Å². The predicted octanol–water partition coefficient (Wildman–Crippen LogP) is 1.90. The van der Waals surface area contributed by atoms with Crippen molar-refractivity contribution >= 4 is 5.69 Å². The maximum absolute atomic E-state index is 13.0. The lowest BCUT2D eigenvalue weighted by atomic mass is 9.95. The quantitative estimate of drug-likeness (QED) is 0.807. The summed E-state index contributed by atoms with van der Waals surface area (Å²) in [5, 5.41) is 18.8. The van der Waals surface area contributed by atoms with Gasteiger partial charge in [-0.05, 0) is 30.5 Å². The van der Waals surface area contributed by atoms with Crippen molar-refractivity contribution in [3.8, 4) is 6.07 Å². The molecular formula is C13H15FN2O. The zero-order valence-electron chi connectivity index (χ0n) is 9.73. The molecule has 0 amide bonds. The Morgan fingerprint density at radius 3 is 2.94 bits per heavy atom. The highest BCUT2D eigenvalue weighted by Crippen LogP contribution is 2.26. The van der Waals surface area contributed by atoms with E-state index in [1.54, 1.807) is 6.07 Å². The van der Waals surface area contributed by atoms with Crippen molar-refractivity contribution in [3.63, 3.8) is 0 Å². The number of hydrogen-bond acceptors (Lipinski definition) is 3. The molecule has 4 heteroatoms. The van der Waals surface area contributed by atoms with Crippen LogP contribution in [0.25, 0.3) is 0 Å². The SMILES string of the molecule is CC1CCN(c2ccc(F)cc2C#N)CC1O. The molecule has 1 heterocycles. The highest BCUT2D eigenvalue weighted by Gasteiger charge is 2.25. The van der Waals surface area contributed by atoms with Crippen LogP contribution in [0.5, 0.6) is 0 Å². The number of aliphatic hydroxyl groups excluding tert-OH is 1. The zero-order chi connectivity index (χ0) is 12.4. The van der Waals surface area contributed by atoms with Gasteiger partial charge in [-0.25, -0.2) is 4.39 Å². The van der Waals surface area contributed by atoms with Crippen molar-refractivity contribution in [1.29, 1.82) is 5.26 Å². The Balaban J connectivity index is 2.26. The molecule has 90 valence electrons. The summed E-state index contributed by atoms with van der Waals surface area (Å²) >= 11 is 0. The fourth-order valence-electron chi connectivity index (χ4n) is 2.14. The Bertz CT molecular complexity index is 455. The van der Waals surface area contributed by atoms with E-state index in [-0.39, 0.29) is 12.0 Å². The molecule has 0 saturated carbocycles. The minimum Gasteiger partial charge on any atom is -0.391 e. The smallest absolute Gasteiger partial charge is 0.124 e. The molecule has 1 aromatic carbocycles. The second kappa shape index (κ2) is 4.72. The van der Waals surface area contributed by atoms with Gasteiger partial charge >= 0.3 is 0 Å². The second-order valence-corrected chi connectivity index (χ2v) is 4.55. The van der Waals surface area contributed by atoms with Gasteiger partial charge in [-0.15, -0.1) is 0 Å². The van der Waals surface area contributed by atoms with Crippen LogP contribution in [-0.2, 0) is 0 Å². The highest BCUT2D eigenvalue weighted by molar-refractivity contribution is 5.59. The van der Waals surface area contributed by atoms with Gasteiger partial charge in [0, 0.05) is 13.1 Å². The molecule has 2 atom stereocenters. The van der Waals surface area contributed by atoms with Crippen molar-refractivity contribution in [2.45, 2.75) is 19.4 Å². The number of anilines is 1. The molecule has 2 unspecified atom stereocenters. The average Bonchev–Trinajstić information content (AvgIpc) is 2.32. The lowest BCUT2D eigenvalue weighted by Crippen LogP contribution is -2.43. The first-order valence-electron chi connectivity index (χ1n) is 5.74. The van der Waals surface area contributed by atoms with Crippen LogP contribution in [0, 0.1) is 23.1 Å². The van der Waals surface area contributed by atoms with Gasteiger partial charge in [0.1, 0.15) is 11.9 Å². The summed E-state index contributed by atoms with van der Waals surface area (Å²) in [6.07, 6.45) is 0.490. The van der Waals surface area contributed by atoms with Crippen LogP contribution < -0.4 is 4.90 Å².